The number of hydrogen-bond acceptors (Lipinski definition) is 7. The van der Waals surface area contributed by atoms with Crippen LogP contribution in [0.1, 0.15) is 39.3 Å². The molecule has 1 aromatic heterocycles. The van der Waals surface area contributed by atoms with E-state index in [4.69, 9.17) is 19.3 Å². The van der Waals surface area contributed by atoms with Crippen molar-refractivity contribution in [2.75, 3.05) is 18.5 Å². The van der Waals surface area contributed by atoms with E-state index in [0.29, 0.717) is 30.3 Å². The van der Waals surface area contributed by atoms with Crippen LogP contribution in [0.15, 0.2) is 53.1 Å². The van der Waals surface area contributed by atoms with Gasteiger partial charge in [-0.2, -0.15) is 5.26 Å². The van der Waals surface area contributed by atoms with Crippen LogP contribution in [-0.4, -0.2) is 41.5 Å². The quantitative estimate of drug-likeness (QED) is 0.600. The Morgan fingerprint density at radius 3 is 2.69 bits per heavy atom. The van der Waals surface area contributed by atoms with E-state index in [1.807, 2.05) is 24.3 Å². The summed E-state index contributed by atoms with van der Waals surface area (Å²) in [5.41, 5.74) is 0.646. The molecule has 1 amide bonds. The number of carbonyl (C=O) groups is 2. The number of carboxylic acid groups (broad SMARTS) is 1. The molecule has 2 heterocycles. The molecule has 162 valence electrons. The predicted octanol–water partition coefficient (Wildman–Crippen LogP) is 3.72. The van der Waals surface area contributed by atoms with Crippen molar-refractivity contribution < 1.29 is 28.7 Å². The first-order valence-electron chi connectivity index (χ1n) is 9.94. The van der Waals surface area contributed by atoms with Gasteiger partial charge in [0.2, 0.25) is 0 Å². The van der Waals surface area contributed by atoms with E-state index in [2.05, 4.69) is 10.5 Å². The van der Waals surface area contributed by atoms with Crippen LogP contribution in [0.4, 0.5) is 5.69 Å². The summed E-state index contributed by atoms with van der Waals surface area (Å²) in [5.74, 6) is -0.952. The highest BCUT2D eigenvalue weighted by Crippen LogP contribution is 2.32. The maximum atomic E-state index is 12.7. The number of aromatic carboxylic acids is 1. The lowest BCUT2D eigenvalue weighted by atomic mass is 10.1. The molecular weight excluding hydrogens is 414 g/mol. The molecule has 32 heavy (non-hydrogen) atoms. The SMILES string of the molecule is N#Cc1ccc(NC(=O)c2cc(-c3ccccc3OC3CCOCC3)on2)c(C(=O)O)c1. The first-order chi connectivity index (χ1) is 15.5. The third kappa shape index (κ3) is 4.61. The normalized spacial score (nSPS) is 13.8. The van der Waals surface area contributed by atoms with Crippen LogP contribution in [0, 0.1) is 11.3 Å². The van der Waals surface area contributed by atoms with Gasteiger partial charge in [0.15, 0.2) is 11.5 Å². The van der Waals surface area contributed by atoms with Gasteiger partial charge in [-0.25, -0.2) is 4.79 Å². The molecule has 3 aromatic rings. The molecule has 0 unspecified atom stereocenters. The van der Waals surface area contributed by atoms with Gasteiger partial charge in [-0.1, -0.05) is 17.3 Å². The summed E-state index contributed by atoms with van der Waals surface area (Å²) in [7, 11) is 0. The second-order valence-electron chi connectivity index (χ2n) is 7.13. The topological polar surface area (TPSA) is 135 Å². The third-order valence-electron chi connectivity index (χ3n) is 4.98. The minimum absolute atomic E-state index is 0.0263. The monoisotopic (exact) mass is 433 g/mol. The molecule has 0 aliphatic carbocycles. The Morgan fingerprint density at radius 1 is 1.16 bits per heavy atom. The lowest BCUT2D eigenvalue weighted by Crippen LogP contribution is -2.26. The average molecular weight is 433 g/mol. The number of nitrogens with one attached hydrogen (secondary N) is 1. The summed E-state index contributed by atoms with van der Waals surface area (Å²) in [6, 6.07) is 14.6. The molecular formula is C23H19N3O6. The Balaban J connectivity index is 1.54. The van der Waals surface area contributed by atoms with Gasteiger partial charge in [0.05, 0.1) is 41.7 Å². The van der Waals surface area contributed by atoms with Gasteiger partial charge in [-0.3, -0.25) is 4.79 Å². The number of amides is 1. The van der Waals surface area contributed by atoms with Crippen molar-refractivity contribution in [3.63, 3.8) is 0 Å². The fourth-order valence-corrected chi connectivity index (χ4v) is 3.34. The van der Waals surface area contributed by atoms with E-state index in [0.717, 1.165) is 12.8 Å². The minimum Gasteiger partial charge on any atom is -0.489 e. The van der Waals surface area contributed by atoms with E-state index in [-0.39, 0.29) is 28.6 Å². The van der Waals surface area contributed by atoms with Crippen LogP contribution in [0.2, 0.25) is 0 Å². The summed E-state index contributed by atoms with van der Waals surface area (Å²) in [6.45, 7) is 1.29. The Hall–Kier alpha value is -4.16. The molecule has 0 saturated carbocycles. The van der Waals surface area contributed by atoms with Crippen LogP contribution in [0.25, 0.3) is 11.3 Å². The number of ether oxygens (including phenoxy) is 2. The molecule has 2 N–H and O–H groups in total. The van der Waals surface area contributed by atoms with Crippen molar-refractivity contribution in [2.45, 2.75) is 18.9 Å². The molecule has 9 heteroatoms. The average Bonchev–Trinajstić information content (AvgIpc) is 3.30. The smallest absolute Gasteiger partial charge is 0.337 e. The number of nitrogens with zero attached hydrogens (tertiary/aromatic N) is 2. The number of benzene rings is 2. The first kappa shape index (κ1) is 21.1. The highest BCUT2D eigenvalue weighted by Gasteiger charge is 2.21. The molecule has 1 fully saturated rings. The molecule has 1 saturated heterocycles. The standard InChI is InChI=1S/C23H19N3O6/c24-13-14-5-6-18(17(11-14)23(28)29)25-22(27)19-12-21(32-26-19)16-3-1-2-4-20(16)31-15-7-9-30-10-8-15/h1-6,11-12,15H,7-10H2,(H,25,27)(H,28,29). The van der Waals surface area contributed by atoms with Crippen molar-refractivity contribution >= 4 is 17.6 Å². The van der Waals surface area contributed by atoms with E-state index >= 15 is 0 Å². The largest absolute Gasteiger partial charge is 0.489 e. The molecule has 0 radical (unpaired) electrons. The van der Waals surface area contributed by atoms with Crippen LogP contribution in [0.5, 0.6) is 5.75 Å². The Labute approximate surface area is 183 Å². The van der Waals surface area contributed by atoms with Crippen molar-refractivity contribution in [1.82, 2.24) is 5.16 Å². The zero-order valence-electron chi connectivity index (χ0n) is 16.9. The Morgan fingerprint density at radius 2 is 1.94 bits per heavy atom. The lowest BCUT2D eigenvalue weighted by molar-refractivity contribution is 0.0257. The van der Waals surface area contributed by atoms with E-state index < -0.39 is 11.9 Å². The highest BCUT2D eigenvalue weighted by molar-refractivity contribution is 6.07. The van der Waals surface area contributed by atoms with Gasteiger partial charge in [0, 0.05) is 18.9 Å². The van der Waals surface area contributed by atoms with Gasteiger partial charge >= 0.3 is 5.97 Å². The molecule has 0 spiro atoms. The number of anilines is 1. The van der Waals surface area contributed by atoms with E-state index in [1.165, 1.54) is 24.3 Å². The second-order valence-corrected chi connectivity index (χ2v) is 7.13. The van der Waals surface area contributed by atoms with Gasteiger partial charge in [0.25, 0.3) is 5.91 Å². The van der Waals surface area contributed by atoms with E-state index in [1.54, 1.807) is 6.07 Å². The zero-order chi connectivity index (χ0) is 22.5. The summed E-state index contributed by atoms with van der Waals surface area (Å²) in [6.07, 6.45) is 1.60. The third-order valence-corrected chi connectivity index (χ3v) is 4.98. The molecule has 2 aromatic carbocycles. The van der Waals surface area contributed by atoms with Crippen molar-refractivity contribution in [2.24, 2.45) is 0 Å². The molecule has 9 nitrogen and oxygen atoms in total. The molecule has 4 rings (SSSR count). The van der Waals surface area contributed by atoms with Gasteiger partial charge in [-0.15, -0.1) is 0 Å². The second kappa shape index (κ2) is 9.32. The maximum absolute atomic E-state index is 12.7. The number of carbonyl (C=O) groups excluding carboxylic acids is 1. The molecule has 0 atom stereocenters. The number of carboxylic acids is 1. The number of hydrogen-bond donors (Lipinski definition) is 2. The summed E-state index contributed by atoms with van der Waals surface area (Å²) in [5, 5.41) is 24.7. The van der Waals surface area contributed by atoms with Crippen molar-refractivity contribution in [3.05, 3.63) is 65.4 Å². The Kier molecular flexibility index (Phi) is 6.14. The summed E-state index contributed by atoms with van der Waals surface area (Å²) in [4.78, 5) is 24.1. The zero-order valence-corrected chi connectivity index (χ0v) is 16.9. The fourth-order valence-electron chi connectivity index (χ4n) is 3.34. The fraction of sp³-hybridized carbons (Fsp3) is 0.217. The minimum atomic E-state index is -1.27. The van der Waals surface area contributed by atoms with Crippen LogP contribution in [0.3, 0.4) is 0 Å². The van der Waals surface area contributed by atoms with Crippen LogP contribution >= 0.6 is 0 Å². The summed E-state index contributed by atoms with van der Waals surface area (Å²) < 4.78 is 16.9. The highest BCUT2D eigenvalue weighted by atomic mass is 16.5. The lowest BCUT2D eigenvalue weighted by Gasteiger charge is -2.24. The maximum Gasteiger partial charge on any atom is 0.337 e. The molecule has 0 bridgehead atoms. The number of rotatable bonds is 6. The molecule has 1 aliphatic rings. The molecule has 1 aliphatic heterocycles. The van der Waals surface area contributed by atoms with Crippen molar-refractivity contribution in [1.29, 1.82) is 5.26 Å². The number of nitriles is 1. The van der Waals surface area contributed by atoms with Crippen LogP contribution < -0.4 is 10.1 Å². The van der Waals surface area contributed by atoms with Gasteiger partial charge < -0.3 is 24.4 Å². The predicted molar refractivity (Wildman–Crippen MR) is 112 cm³/mol. The Bertz CT molecular complexity index is 1190. The number of aromatic nitrogens is 1. The van der Waals surface area contributed by atoms with E-state index in [9.17, 15) is 14.7 Å². The first-order valence-corrected chi connectivity index (χ1v) is 9.94. The van der Waals surface area contributed by atoms with Crippen LogP contribution in [-0.2, 0) is 4.74 Å². The summed E-state index contributed by atoms with van der Waals surface area (Å²) >= 11 is 0. The van der Waals surface area contributed by atoms with Crippen molar-refractivity contribution in [3.8, 4) is 23.1 Å². The number of para-hydroxylation sites is 1. The van der Waals surface area contributed by atoms with Gasteiger partial charge in [0.1, 0.15) is 11.9 Å². The van der Waals surface area contributed by atoms with Gasteiger partial charge in [-0.05, 0) is 30.3 Å².